The lowest BCUT2D eigenvalue weighted by Gasteiger charge is -2.14. The monoisotopic (exact) mass is 482 g/mol. The van der Waals surface area contributed by atoms with Gasteiger partial charge in [0.1, 0.15) is 23.1 Å². The van der Waals surface area contributed by atoms with E-state index in [9.17, 15) is 9.59 Å². The zero-order chi connectivity index (χ0) is 25.7. The molecule has 0 saturated heterocycles. The van der Waals surface area contributed by atoms with Crippen molar-refractivity contribution in [1.82, 2.24) is 0 Å². The number of benzene rings is 4. The van der Waals surface area contributed by atoms with Gasteiger partial charge in [0.15, 0.2) is 0 Å². The van der Waals surface area contributed by atoms with Crippen LogP contribution in [0.5, 0.6) is 17.2 Å². The van der Waals surface area contributed by atoms with Gasteiger partial charge < -0.3 is 14.2 Å². The van der Waals surface area contributed by atoms with Crippen molar-refractivity contribution < 1.29 is 28.2 Å². The zero-order valence-electron chi connectivity index (χ0n) is 19.8. The van der Waals surface area contributed by atoms with E-state index in [4.69, 9.17) is 14.2 Å². The third-order valence-corrected chi connectivity index (χ3v) is 5.59. The highest BCUT2D eigenvalue weighted by molar-refractivity contribution is 5.91. The highest BCUT2D eigenvalue weighted by Crippen LogP contribution is 2.37. The van der Waals surface area contributed by atoms with Crippen LogP contribution in [0.15, 0.2) is 97.1 Å². The van der Waals surface area contributed by atoms with E-state index < -0.39 is 11.8 Å². The molecule has 6 heteroatoms. The minimum atomic E-state index is -0.585. The highest BCUT2D eigenvalue weighted by atomic mass is 19.1. The van der Waals surface area contributed by atoms with Crippen LogP contribution in [0.3, 0.4) is 0 Å². The van der Waals surface area contributed by atoms with E-state index >= 15 is 4.39 Å². The normalized spacial score (nSPS) is 10.4. The number of hydrogen-bond acceptors (Lipinski definition) is 5. The lowest BCUT2D eigenvalue weighted by molar-refractivity contribution is -0.130. The van der Waals surface area contributed by atoms with Gasteiger partial charge in [-0.15, -0.1) is 0 Å². The Kier molecular flexibility index (Phi) is 7.25. The van der Waals surface area contributed by atoms with Gasteiger partial charge in [-0.1, -0.05) is 55.1 Å². The molecule has 0 amide bonds. The molecule has 0 atom stereocenters. The lowest BCUT2D eigenvalue weighted by Crippen LogP contribution is -2.09. The van der Waals surface area contributed by atoms with Crippen molar-refractivity contribution in [3.8, 4) is 50.6 Å². The Hall–Kier alpha value is -4.71. The van der Waals surface area contributed by atoms with E-state index in [-0.39, 0.29) is 11.3 Å². The molecule has 180 valence electrons. The van der Waals surface area contributed by atoms with Gasteiger partial charge in [-0.3, -0.25) is 4.79 Å². The molecule has 4 aromatic carbocycles. The van der Waals surface area contributed by atoms with Crippen molar-refractivity contribution >= 4 is 12.4 Å². The van der Waals surface area contributed by atoms with Crippen LogP contribution in [0, 0.1) is 5.82 Å². The third kappa shape index (κ3) is 5.33. The fourth-order valence-electron chi connectivity index (χ4n) is 3.68. The van der Waals surface area contributed by atoms with E-state index in [0.717, 1.165) is 11.1 Å². The number of methoxy groups -OCH3 is 1. The van der Waals surface area contributed by atoms with Crippen LogP contribution in [-0.4, -0.2) is 19.6 Å². The van der Waals surface area contributed by atoms with E-state index in [1.165, 1.54) is 6.07 Å². The lowest BCUT2D eigenvalue weighted by atomic mass is 9.96. The Balaban J connectivity index is 1.73. The smallest absolute Gasteiger partial charge is 0.338 e. The van der Waals surface area contributed by atoms with Crippen molar-refractivity contribution in [1.29, 1.82) is 0 Å². The second-order valence-electron chi connectivity index (χ2n) is 8.04. The van der Waals surface area contributed by atoms with Crippen molar-refractivity contribution in [3.05, 3.63) is 103 Å². The van der Waals surface area contributed by atoms with Crippen LogP contribution in [0.1, 0.15) is 6.92 Å². The SMILES string of the molecule is C=C(C)C(=O)Oc1cc(-c2ccc(OC=O)cc2)ccc1-c1ccc(-c2ccc(OC)cc2)c(F)c1. The molecule has 0 N–H and O–H groups in total. The summed E-state index contributed by atoms with van der Waals surface area (Å²) >= 11 is 0. The molecule has 5 nitrogen and oxygen atoms in total. The Labute approximate surface area is 208 Å². The van der Waals surface area contributed by atoms with E-state index in [1.54, 1.807) is 86.8 Å². The maximum Gasteiger partial charge on any atom is 0.338 e. The topological polar surface area (TPSA) is 61.8 Å². The molecule has 36 heavy (non-hydrogen) atoms. The molecule has 0 fully saturated rings. The van der Waals surface area contributed by atoms with Gasteiger partial charge >= 0.3 is 5.97 Å². The first kappa shape index (κ1) is 24.4. The summed E-state index contributed by atoms with van der Waals surface area (Å²) in [7, 11) is 1.57. The summed E-state index contributed by atoms with van der Waals surface area (Å²) in [5.41, 5.74) is 4.07. The van der Waals surface area contributed by atoms with Gasteiger partial charge in [0.05, 0.1) is 7.11 Å². The van der Waals surface area contributed by atoms with Gasteiger partial charge in [-0.2, -0.15) is 0 Å². The summed E-state index contributed by atoms with van der Waals surface area (Å²) in [6.07, 6.45) is 0. The van der Waals surface area contributed by atoms with Crippen LogP contribution >= 0.6 is 0 Å². The molecule has 0 bridgehead atoms. The number of esters is 1. The highest BCUT2D eigenvalue weighted by Gasteiger charge is 2.16. The molecular formula is C30H23FO5. The van der Waals surface area contributed by atoms with Crippen LogP contribution in [0.25, 0.3) is 33.4 Å². The number of rotatable bonds is 8. The second kappa shape index (κ2) is 10.7. The molecule has 0 aliphatic rings. The number of carbonyl (C=O) groups is 2. The molecule has 0 heterocycles. The predicted octanol–water partition coefficient (Wildman–Crippen LogP) is 6.85. The maximum absolute atomic E-state index is 15.2. The van der Waals surface area contributed by atoms with Gasteiger partial charge in [0, 0.05) is 16.7 Å². The van der Waals surface area contributed by atoms with Crippen LogP contribution in [0.2, 0.25) is 0 Å². The molecule has 0 saturated carbocycles. The third-order valence-electron chi connectivity index (χ3n) is 5.59. The van der Waals surface area contributed by atoms with Gasteiger partial charge in [0.2, 0.25) is 0 Å². The van der Waals surface area contributed by atoms with E-state index in [1.807, 2.05) is 6.07 Å². The minimum absolute atomic E-state index is 0.239. The summed E-state index contributed by atoms with van der Waals surface area (Å²) in [6, 6.07) is 24.2. The Morgan fingerprint density at radius 3 is 1.97 bits per heavy atom. The van der Waals surface area contributed by atoms with Crippen molar-refractivity contribution in [3.63, 3.8) is 0 Å². The predicted molar refractivity (Wildman–Crippen MR) is 136 cm³/mol. The Morgan fingerprint density at radius 2 is 1.36 bits per heavy atom. The number of ether oxygens (including phenoxy) is 3. The first-order valence-electron chi connectivity index (χ1n) is 11.1. The molecule has 0 radical (unpaired) electrons. The number of carbonyl (C=O) groups excluding carboxylic acids is 2. The Bertz CT molecular complexity index is 1420. The molecule has 0 aliphatic carbocycles. The minimum Gasteiger partial charge on any atom is -0.497 e. The summed E-state index contributed by atoms with van der Waals surface area (Å²) in [4.78, 5) is 22.9. The van der Waals surface area contributed by atoms with Crippen molar-refractivity contribution in [2.45, 2.75) is 6.92 Å². The zero-order valence-corrected chi connectivity index (χ0v) is 19.8. The first-order chi connectivity index (χ1) is 17.4. The largest absolute Gasteiger partial charge is 0.497 e. The molecule has 4 rings (SSSR count). The summed E-state index contributed by atoms with van der Waals surface area (Å²) in [5, 5.41) is 0. The molecule has 0 aromatic heterocycles. The molecular weight excluding hydrogens is 459 g/mol. The average molecular weight is 483 g/mol. The molecule has 4 aromatic rings. The van der Waals surface area contributed by atoms with Crippen LogP contribution < -0.4 is 14.2 Å². The summed E-state index contributed by atoms with van der Waals surface area (Å²) in [6.45, 7) is 5.56. The van der Waals surface area contributed by atoms with Gasteiger partial charge in [-0.05, 0) is 65.6 Å². The summed E-state index contributed by atoms with van der Waals surface area (Å²) < 4.78 is 30.8. The fourth-order valence-corrected chi connectivity index (χ4v) is 3.68. The number of hydrogen-bond donors (Lipinski definition) is 0. The molecule has 0 spiro atoms. The summed E-state index contributed by atoms with van der Waals surface area (Å²) in [5.74, 6) is 0.367. The maximum atomic E-state index is 15.2. The molecule has 0 aliphatic heterocycles. The van der Waals surface area contributed by atoms with Crippen LogP contribution in [0.4, 0.5) is 4.39 Å². The van der Waals surface area contributed by atoms with Crippen molar-refractivity contribution in [2.24, 2.45) is 0 Å². The second-order valence-corrected chi connectivity index (χ2v) is 8.04. The first-order valence-corrected chi connectivity index (χ1v) is 11.1. The quantitative estimate of drug-likeness (QED) is 0.119. The van der Waals surface area contributed by atoms with Crippen LogP contribution in [-0.2, 0) is 9.59 Å². The standard InChI is InChI=1S/C30H23FO5/c1-19(2)30(33)36-29-17-22(20-4-12-25(13-5-20)35-18-32)8-15-27(29)23-9-14-26(28(31)16-23)21-6-10-24(34-3)11-7-21/h4-18H,1H2,2-3H3. The number of halogens is 1. The van der Waals surface area contributed by atoms with Crippen molar-refractivity contribution in [2.75, 3.05) is 7.11 Å². The molecule has 0 unspecified atom stereocenters. The van der Waals surface area contributed by atoms with Gasteiger partial charge in [-0.25, -0.2) is 9.18 Å². The van der Waals surface area contributed by atoms with Gasteiger partial charge in [0.25, 0.3) is 6.47 Å². The van der Waals surface area contributed by atoms with E-state index in [0.29, 0.717) is 40.2 Å². The van der Waals surface area contributed by atoms with E-state index in [2.05, 4.69) is 6.58 Å². The Morgan fingerprint density at radius 1 is 0.778 bits per heavy atom. The fraction of sp³-hybridized carbons (Fsp3) is 0.0667. The average Bonchev–Trinajstić information content (AvgIpc) is 2.89.